The van der Waals surface area contributed by atoms with Crippen molar-refractivity contribution in [2.24, 2.45) is 0 Å². The first-order chi connectivity index (χ1) is 6.27. The molecule has 0 unspecified atom stereocenters. The molecule has 0 aliphatic heterocycles. The van der Waals surface area contributed by atoms with Crippen molar-refractivity contribution in [3.8, 4) is 0 Å². The molecule has 72 valence electrons. The molecule has 1 aromatic rings. The van der Waals surface area contributed by atoms with Crippen LogP contribution in [0.4, 0.5) is 0 Å². The highest BCUT2D eigenvalue weighted by Gasteiger charge is 2.21. The summed E-state index contributed by atoms with van der Waals surface area (Å²) in [5, 5.41) is 9.36. The Morgan fingerprint density at radius 3 is 2.62 bits per heavy atom. The Labute approximate surface area is 85.9 Å². The molecule has 3 nitrogen and oxygen atoms in total. The van der Waals surface area contributed by atoms with Crippen molar-refractivity contribution >= 4 is 15.9 Å². The van der Waals surface area contributed by atoms with Crippen molar-refractivity contribution in [3.05, 3.63) is 17.1 Å². The van der Waals surface area contributed by atoms with Crippen LogP contribution in [-0.2, 0) is 0 Å². The highest BCUT2D eigenvalue weighted by molar-refractivity contribution is 9.10. The number of halogens is 1. The highest BCUT2D eigenvalue weighted by atomic mass is 79.9. The van der Waals surface area contributed by atoms with Crippen molar-refractivity contribution in [2.75, 3.05) is 0 Å². The first-order valence-corrected chi connectivity index (χ1v) is 5.43. The molecule has 1 aliphatic carbocycles. The van der Waals surface area contributed by atoms with E-state index in [9.17, 15) is 5.11 Å². The number of hydrogen-bond donors (Lipinski definition) is 1. The molecule has 4 heteroatoms. The third kappa shape index (κ3) is 1.94. The number of rotatable bonds is 1. The van der Waals surface area contributed by atoms with Crippen molar-refractivity contribution < 1.29 is 5.11 Å². The minimum absolute atomic E-state index is 0.0847. The molecule has 0 spiro atoms. The molecule has 13 heavy (non-hydrogen) atoms. The van der Waals surface area contributed by atoms with Gasteiger partial charge in [-0.05, 0) is 41.6 Å². The van der Waals surface area contributed by atoms with E-state index in [2.05, 4.69) is 25.5 Å². The molecule has 1 aliphatic rings. The lowest BCUT2D eigenvalue weighted by molar-refractivity contribution is 0.110. The van der Waals surface area contributed by atoms with E-state index in [1.807, 2.05) is 6.20 Å². The summed E-state index contributed by atoms with van der Waals surface area (Å²) in [6.45, 7) is 0. The Morgan fingerprint density at radius 1 is 1.38 bits per heavy atom. The van der Waals surface area contributed by atoms with E-state index in [4.69, 9.17) is 0 Å². The molecular weight excluding hydrogens is 232 g/mol. The summed E-state index contributed by atoms with van der Waals surface area (Å²) in [4.78, 5) is 4.13. The zero-order chi connectivity index (χ0) is 9.26. The third-order valence-corrected chi connectivity index (χ3v) is 3.30. The molecule has 1 heterocycles. The fraction of sp³-hybridized carbons (Fsp3) is 0.667. The van der Waals surface area contributed by atoms with Gasteiger partial charge >= 0.3 is 0 Å². The largest absolute Gasteiger partial charge is 0.393 e. The van der Waals surface area contributed by atoms with Crippen molar-refractivity contribution in [1.82, 2.24) is 9.55 Å². The molecule has 0 amide bonds. The van der Waals surface area contributed by atoms with Gasteiger partial charge in [-0.15, -0.1) is 0 Å². The summed E-state index contributed by atoms with van der Waals surface area (Å²) in [5.74, 6) is 0. The molecule has 0 radical (unpaired) electrons. The second-order valence-corrected chi connectivity index (χ2v) is 4.28. The van der Waals surface area contributed by atoms with E-state index in [0.717, 1.165) is 30.4 Å². The van der Waals surface area contributed by atoms with Crippen LogP contribution in [0.2, 0.25) is 0 Å². The fourth-order valence-corrected chi connectivity index (χ4v) is 2.43. The van der Waals surface area contributed by atoms with Crippen LogP contribution in [0.1, 0.15) is 31.7 Å². The summed E-state index contributed by atoms with van der Waals surface area (Å²) < 4.78 is 3.04. The van der Waals surface area contributed by atoms with Crippen molar-refractivity contribution in [2.45, 2.75) is 37.8 Å². The summed E-state index contributed by atoms with van der Waals surface area (Å²) >= 11 is 3.41. The second kappa shape index (κ2) is 3.80. The number of aliphatic hydroxyl groups is 1. The quantitative estimate of drug-likeness (QED) is 0.822. The minimum atomic E-state index is -0.0847. The van der Waals surface area contributed by atoms with Gasteiger partial charge in [-0.1, -0.05) is 0 Å². The van der Waals surface area contributed by atoms with Crippen LogP contribution >= 0.6 is 15.9 Å². The first kappa shape index (κ1) is 9.21. The van der Waals surface area contributed by atoms with Crippen LogP contribution in [0.5, 0.6) is 0 Å². The lowest BCUT2D eigenvalue weighted by atomic mass is 9.93. The zero-order valence-electron chi connectivity index (χ0n) is 7.36. The van der Waals surface area contributed by atoms with E-state index < -0.39 is 0 Å². The van der Waals surface area contributed by atoms with Gasteiger partial charge in [0.25, 0.3) is 0 Å². The molecule has 2 rings (SSSR count). The van der Waals surface area contributed by atoms with Gasteiger partial charge in [-0.2, -0.15) is 0 Å². The van der Waals surface area contributed by atoms with E-state index in [1.165, 1.54) is 0 Å². The predicted molar refractivity (Wildman–Crippen MR) is 53.4 cm³/mol. The summed E-state index contributed by atoms with van der Waals surface area (Å²) in [7, 11) is 0. The van der Waals surface area contributed by atoms with Gasteiger partial charge in [0.05, 0.1) is 6.10 Å². The predicted octanol–water partition coefficient (Wildman–Crippen LogP) is 2.12. The van der Waals surface area contributed by atoms with Gasteiger partial charge in [0, 0.05) is 18.4 Å². The Kier molecular flexibility index (Phi) is 2.69. The second-order valence-electron chi connectivity index (χ2n) is 3.57. The van der Waals surface area contributed by atoms with Crippen LogP contribution in [0.3, 0.4) is 0 Å². The molecule has 0 aromatic carbocycles. The lowest BCUT2D eigenvalue weighted by Crippen LogP contribution is -2.20. The van der Waals surface area contributed by atoms with Gasteiger partial charge < -0.3 is 9.67 Å². The Hall–Kier alpha value is -0.350. The molecule has 1 aromatic heterocycles. The lowest BCUT2D eigenvalue weighted by Gasteiger charge is -2.26. The third-order valence-electron chi connectivity index (χ3n) is 2.68. The van der Waals surface area contributed by atoms with E-state index in [1.54, 1.807) is 6.20 Å². The monoisotopic (exact) mass is 244 g/mol. The Morgan fingerprint density at radius 2 is 2.08 bits per heavy atom. The Bertz CT molecular complexity index is 279. The van der Waals surface area contributed by atoms with Crippen molar-refractivity contribution in [1.29, 1.82) is 0 Å². The molecular formula is C9H13BrN2O. The number of nitrogens with zero attached hydrogens (tertiary/aromatic N) is 2. The van der Waals surface area contributed by atoms with Gasteiger partial charge in [0.2, 0.25) is 0 Å². The van der Waals surface area contributed by atoms with Crippen LogP contribution < -0.4 is 0 Å². The molecule has 0 atom stereocenters. The smallest absolute Gasteiger partial charge is 0.177 e. The number of aromatic nitrogens is 2. The van der Waals surface area contributed by atoms with E-state index in [0.29, 0.717) is 6.04 Å². The normalized spacial score (nSPS) is 29.1. The minimum Gasteiger partial charge on any atom is -0.393 e. The first-order valence-electron chi connectivity index (χ1n) is 4.64. The number of imidazole rings is 1. The molecule has 0 bridgehead atoms. The zero-order valence-corrected chi connectivity index (χ0v) is 8.94. The maximum atomic E-state index is 9.36. The molecule has 1 N–H and O–H groups in total. The SMILES string of the molecule is OC1CCC(n2ccnc2Br)CC1. The van der Waals surface area contributed by atoms with E-state index in [-0.39, 0.29) is 6.10 Å². The van der Waals surface area contributed by atoms with Gasteiger partial charge in [-0.25, -0.2) is 4.98 Å². The maximum Gasteiger partial charge on any atom is 0.177 e. The fourth-order valence-electron chi connectivity index (χ4n) is 1.90. The van der Waals surface area contributed by atoms with Gasteiger partial charge in [0.15, 0.2) is 4.73 Å². The summed E-state index contributed by atoms with van der Waals surface area (Å²) in [6.07, 6.45) is 7.64. The Balaban J connectivity index is 2.06. The average Bonchev–Trinajstić information content (AvgIpc) is 2.53. The van der Waals surface area contributed by atoms with Crippen LogP contribution in [0.25, 0.3) is 0 Å². The average molecular weight is 245 g/mol. The number of aliphatic hydroxyl groups excluding tert-OH is 1. The van der Waals surface area contributed by atoms with Crippen molar-refractivity contribution in [3.63, 3.8) is 0 Å². The van der Waals surface area contributed by atoms with Gasteiger partial charge in [-0.3, -0.25) is 0 Å². The molecule has 0 saturated heterocycles. The van der Waals surface area contributed by atoms with Crippen LogP contribution in [-0.4, -0.2) is 20.8 Å². The standard InChI is InChI=1S/C9H13BrN2O/c10-9-11-5-6-12(9)7-1-3-8(13)4-2-7/h5-8,13H,1-4H2. The van der Waals surface area contributed by atoms with Crippen LogP contribution in [0.15, 0.2) is 17.1 Å². The maximum absolute atomic E-state index is 9.36. The summed E-state index contributed by atoms with van der Waals surface area (Å²) in [5.41, 5.74) is 0. The summed E-state index contributed by atoms with van der Waals surface area (Å²) in [6, 6.07) is 0.514. The molecule has 1 saturated carbocycles. The van der Waals surface area contributed by atoms with E-state index >= 15 is 0 Å². The molecule has 1 fully saturated rings. The highest BCUT2D eigenvalue weighted by Crippen LogP contribution is 2.30. The van der Waals surface area contributed by atoms with Crippen LogP contribution in [0, 0.1) is 0 Å². The topological polar surface area (TPSA) is 38.0 Å². The van der Waals surface area contributed by atoms with Gasteiger partial charge in [0.1, 0.15) is 0 Å². The number of hydrogen-bond acceptors (Lipinski definition) is 2.